The fraction of sp³-hybridized carbons (Fsp3) is 0.533. The second-order valence-corrected chi connectivity index (χ2v) is 7.01. The molecule has 5 heteroatoms. The first-order valence-electron chi connectivity index (χ1n) is 6.87. The van der Waals surface area contributed by atoms with Crippen molar-refractivity contribution >= 4 is 10.1 Å². The van der Waals surface area contributed by atoms with E-state index in [-0.39, 0.29) is 23.3 Å². The summed E-state index contributed by atoms with van der Waals surface area (Å²) in [5.74, 6) is 0.361. The molecule has 0 amide bonds. The maximum absolute atomic E-state index is 12.0. The molecule has 108 valence electrons. The van der Waals surface area contributed by atoms with Crippen LogP contribution in [0.2, 0.25) is 0 Å². The summed E-state index contributed by atoms with van der Waals surface area (Å²) < 4.78 is 29.2. The monoisotopic (exact) mass is 293 g/mol. The number of hydrogen-bond acceptors (Lipinski definition) is 4. The molecule has 0 aromatic heterocycles. The van der Waals surface area contributed by atoms with E-state index in [0.717, 1.165) is 31.2 Å². The van der Waals surface area contributed by atoms with E-state index in [4.69, 9.17) is 9.44 Å². The zero-order chi connectivity index (χ0) is 14.6. The van der Waals surface area contributed by atoms with Gasteiger partial charge >= 0.3 is 0 Å². The Morgan fingerprint density at radius 1 is 1.20 bits per heavy atom. The molecule has 1 aromatic rings. The molecule has 0 bridgehead atoms. The number of aryl methyl sites for hydroxylation is 1. The lowest BCUT2D eigenvalue weighted by molar-refractivity contribution is 0.201. The van der Waals surface area contributed by atoms with E-state index in [0.29, 0.717) is 0 Å². The van der Waals surface area contributed by atoms with Crippen molar-refractivity contribution < 1.29 is 12.6 Å². The van der Waals surface area contributed by atoms with E-state index in [1.807, 2.05) is 6.92 Å². The van der Waals surface area contributed by atoms with E-state index in [9.17, 15) is 8.42 Å². The van der Waals surface area contributed by atoms with Gasteiger partial charge in [-0.3, -0.25) is 4.18 Å². The number of hydrogen-bond donors (Lipinski definition) is 0. The van der Waals surface area contributed by atoms with Gasteiger partial charge in [-0.25, -0.2) is 0 Å². The second-order valence-electron chi connectivity index (χ2n) is 5.40. The largest absolute Gasteiger partial charge is 0.296 e. The Morgan fingerprint density at radius 2 is 1.80 bits per heavy atom. The van der Waals surface area contributed by atoms with Gasteiger partial charge < -0.3 is 0 Å². The summed E-state index contributed by atoms with van der Waals surface area (Å²) in [5, 5.41) is 8.83. The fourth-order valence-corrected chi connectivity index (χ4v) is 3.39. The van der Waals surface area contributed by atoms with Gasteiger partial charge in [0, 0.05) is 5.92 Å². The summed E-state index contributed by atoms with van der Waals surface area (Å²) in [6.45, 7) is 2.12. The third-order valence-corrected chi connectivity index (χ3v) is 5.09. The zero-order valence-corrected chi connectivity index (χ0v) is 12.4. The van der Waals surface area contributed by atoms with Crippen LogP contribution in [0.5, 0.6) is 0 Å². The maximum atomic E-state index is 12.0. The topological polar surface area (TPSA) is 67.2 Å². The van der Waals surface area contributed by atoms with Gasteiger partial charge in [-0.15, -0.1) is 0 Å². The fourth-order valence-electron chi connectivity index (χ4n) is 2.42. The standard InChI is InChI=1S/C15H19NO3S/c1-12-2-8-15(9-3-12)20(17,18)19-11-14-6-4-13(10-16)5-7-14/h2-3,8-9,13-14H,4-7,11H2,1H3. The summed E-state index contributed by atoms with van der Waals surface area (Å²) in [7, 11) is -3.66. The van der Waals surface area contributed by atoms with Crippen molar-refractivity contribution in [3.8, 4) is 6.07 Å². The molecule has 20 heavy (non-hydrogen) atoms. The Kier molecular flexibility index (Phi) is 4.79. The Hall–Kier alpha value is -1.38. The molecule has 0 spiro atoms. The Labute approximate surface area is 120 Å². The predicted octanol–water partition coefficient (Wildman–Crippen LogP) is 3.03. The molecule has 4 nitrogen and oxygen atoms in total. The second kappa shape index (κ2) is 6.38. The highest BCUT2D eigenvalue weighted by Gasteiger charge is 2.23. The molecule has 0 saturated heterocycles. The third-order valence-electron chi connectivity index (χ3n) is 3.80. The first-order valence-corrected chi connectivity index (χ1v) is 8.28. The molecular formula is C15H19NO3S. The first-order chi connectivity index (χ1) is 9.51. The van der Waals surface area contributed by atoms with Crippen LogP contribution in [0.15, 0.2) is 29.2 Å². The number of nitriles is 1. The van der Waals surface area contributed by atoms with Crippen molar-refractivity contribution in [1.29, 1.82) is 5.26 Å². The summed E-state index contributed by atoms with van der Waals surface area (Å²) in [6, 6.07) is 8.92. The van der Waals surface area contributed by atoms with E-state index < -0.39 is 10.1 Å². The van der Waals surface area contributed by atoms with Gasteiger partial charge in [0.2, 0.25) is 0 Å². The van der Waals surface area contributed by atoms with Gasteiger partial charge in [0.25, 0.3) is 10.1 Å². The Bertz CT molecular complexity index is 579. The first kappa shape index (κ1) is 15.0. The number of rotatable bonds is 4. The van der Waals surface area contributed by atoms with Crippen molar-refractivity contribution in [2.24, 2.45) is 11.8 Å². The number of benzene rings is 1. The molecule has 1 aliphatic carbocycles. The normalized spacial score (nSPS) is 23.2. The minimum atomic E-state index is -3.66. The van der Waals surface area contributed by atoms with E-state index in [1.165, 1.54) is 0 Å². The van der Waals surface area contributed by atoms with Crippen LogP contribution in [0.4, 0.5) is 0 Å². The summed E-state index contributed by atoms with van der Waals surface area (Å²) in [6.07, 6.45) is 3.41. The highest BCUT2D eigenvalue weighted by atomic mass is 32.2. The van der Waals surface area contributed by atoms with Gasteiger partial charge in [0.1, 0.15) is 0 Å². The Morgan fingerprint density at radius 3 is 2.35 bits per heavy atom. The van der Waals surface area contributed by atoms with Crippen LogP contribution in [0.3, 0.4) is 0 Å². The SMILES string of the molecule is Cc1ccc(S(=O)(=O)OCC2CCC(C#N)CC2)cc1. The van der Waals surface area contributed by atoms with Crippen LogP contribution in [-0.4, -0.2) is 15.0 Å². The molecule has 0 N–H and O–H groups in total. The van der Waals surface area contributed by atoms with Gasteiger partial charge in [-0.2, -0.15) is 13.7 Å². The summed E-state index contributed by atoms with van der Waals surface area (Å²) in [5.41, 5.74) is 1.01. The minimum Gasteiger partial charge on any atom is -0.266 e. The van der Waals surface area contributed by atoms with Crippen LogP contribution in [0, 0.1) is 30.1 Å². The van der Waals surface area contributed by atoms with Crippen LogP contribution in [0.1, 0.15) is 31.2 Å². The lowest BCUT2D eigenvalue weighted by Crippen LogP contribution is -2.20. The predicted molar refractivity (Wildman–Crippen MR) is 75.4 cm³/mol. The lowest BCUT2D eigenvalue weighted by atomic mass is 9.83. The summed E-state index contributed by atoms with van der Waals surface area (Å²) in [4.78, 5) is 0.203. The molecule has 0 aliphatic heterocycles. The highest BCUT2D eigenvalue weighted by molar-refractivity contribution is 7.86. The summed E-state index contributed by atoms with van der Waals surface area (Å²) >= 11 is 0. The highest BCUT2D eigenvalue weighted by Crippen LogP contribution is 2.29. The van der Waals surface area contributed by atoms with Crippen molar-refractivity contribution in [3.63, 3.8) is 0 Å². The Balaban J connectivity index is 1.90. The van der Waals surface area contributed by atoms with Crippen LogP contribution >= 0.6 is 0 Å². The quantitative estimate of drug-likeness (QED) is 0.800. The van der Waals surface area contributed by atoms with Gasteiger partial charge in [-0.05, 0) is 50.7 Å². The number of nitrogens with zero attached hydrogens (tertiary/aromatic N) is 1. The molecule has 0 unspecified atom stereocenters. The van der Waals surface area contributed by atoms with Crippen LogP contribution < -0.4 is 0 Å². The molecule has 0 atom stereocenters. The molecule has 0 heterocycles. The lowest BCUT2D eigenvalue weighted by Gasteiger charge is -2.24. The van der Waals surface area contributed by atoms with Gasteiger partial charge in [0.15, 0.2) is 0 Å². The van der Waals surface area contributed by atoms with E-state index in [1.54, 1.807) is 24.3 Å². The minimum absolute atomic E-state index is 0.125. The van der Waals surface area contributed by atoms with Crippen molar-refractivity contribution in [2.75, 3.05) is 6.61 Å². The molecule has 1 saturated carbocycles. The van der Waals surface area contributed by atoms with E-state index >= 15 is 0 Å². The van der Waals surface area contributed by atoms with Gasteiger partial charge in [0.05, 0.1) is 17.6 Å². The van der Waals surface area contributed by atoms with Crippen LogP contribution in [-0.2, 0) is 14.3 Å². The molecule has 2 rings (SSSR count). The van der Waals surface area contributed by atoms with E-state index in [2.05, 4.69) is 6.07 Å². The zero-order valence-electron chi connectivity index (χ0n) is 11.6. The molecule has 0 radical (unpaired) electrons. The smallest absolute Gasteiger partial charge is 0.266 e. The van der Waals surface area contributed by atoms with Crippen LogP contribution in [0.25, 0.3) is 0 Å². The average molecular weight is 293 g/mol. The van der Waals surface area contributed by atoms with Crippen molar-refractivity contribution in [2.45, 2.75) is 37.5 Å². The third kappa shape index (κ3) is 3.81. The maximum Gasteiger partial charge on any atom is 0.296 e. The van der Waals surface area contributed by atoms with Gasteiger partial charge in [-0.1, -0.05) is 17.7 Å². The molecule has 1 aromatic carbocycles. The van der Waals surface area contributed by atoms with Crippen molar-refractivity contribution in [3.05, 3.63) is 29.8 Å². The van der Waals surface area contributed by atoms with Crippen molar-refractivity contribution in [1.82, 2.24) is 0 Å². The molecule has 1 fully saturated rings. The average Bonchev–Trinajstić information content (AvgIpc) is 2.46. The molecular weight excluding hydrogens is 274 g/mol. The molecule has 1 aliphatic rings.